The Labute approximate surface area is 197 Å². The van der Waals surface area contributed by atoms with Gasteiger partial charge >= 0.3 is 0 Å². The third kappa shape index (κ3) is 3.27. The SMILES string of the molecule is COc1ccc(N2C[C@]34C=C[C@@H](O3)C(C(=O)Nc3cc(OC)c(OC)c(OC)c3)[C@H]4C2=O)cc1. The zero-order chi connectivity index (χ0) is 24.0. The molecule has 2 aromatic carbocycles. The van der Waals surface area contributed by atoms with E-state index in [4.69, 9.17) is 23.7 Å². The highest BCUT2D eigenvalue weighted by Gasteiger charge is 2.67. The summed E-state index contributed by atoms with van der Waals surface area (Å²) in [5.74, 6) is 0.234. The fourth-order valence-electron chi connectivity index (χ4n) is 5.16. The summed E-state index contributed by atoms with van der Waals surface area (Å²) in [5.41, 5.74) is 0.385. The van der Waals surface area contributed by atoms with E-state index in [1.54, 1.807) is 36.3 Å². The summed E-state index contributed by atoms with van der Waals surface area (Å²) in [6.07, 6.45) is 3.34. The normalized spacial score (nSPS) is 26.4. The zero-order valence-electron chi connectivity index (χ0n) is 19.4. The van der Waals surface area contributed by atoms with Gasteiger partial charge in [-0.05, 0) is 24.3 Å². The van der Waals surface area contributed by atoms with E-state index in [0.29, 0.717) is 35.2 Å². The van der Waals surface area contributed by atoms with Gasteiger partial charge in [0.1, 0.15) is 11.4 Å². The molecule has 1 spiro atoms. The smallest absolute Gasteiger partial charge is 0.234 e. The van der Waals surface area contributed by atoms with Gasteiger partial charge in [0.05, 0.1) is 52.9 Å². The van der Waals surface area contributed by atoms with Crippen molar-refractivity contribution in [1.82, 2.24) is 0 Å². The van der Waals surface area contributed by atoms with Crippen molar-refractivity contribution >= 4 is 23.2 Å². The van der Waals surface area contributed by atoms with Crippen LogP contribution in [0.2, 0.25) is 0 Å². The summed E-state index contributed by atoms with van der Waals surface area (Å²) < 4.78 is 27.5. The number of carbonyl (C=O) groups is 2. The van der Waals surface area contributed by atoms with Crippen molar-refractivity contribution < 1.29 is 33.3 Å². The maximum Gasteiger partial charge on any atom is 0.234 e. The molecule has 9 heteroatoms. The Morgan fingerprint density at radius 1 is 1.03 bits per heavy atom. The first-order valence-corrected chi connectivity index (χ1v) is 10.9. The van der Waals surface area contributed by atoms with Crippen LogP contribution in [0.3, 0.4) is 0 Å². The van der Waals surface area contributed by atoms with Crippen LogP contribution in [0, 0.1) is 11.8 Å². The number of fused-ring (bicyclic) bond motifs is 1. The van der Waals surface area contributed by atoms with E-state index >= 15 is 0 Å². The van der Waals surface area contributed by atoms with E-state index in [0.717, 1.165) is 5.69 Å². The van der Waals surface area contributed by atoms with Crippen LogP contribution in [0.5, 0.6) is 23.0 Å². The number of nitrogens with zero attached hydrogens (tertiary/aromatic N) is 1. The van der Waals surface area contributed by atoms with Crippen molar-refractivity contribution in [2.45, 2.75) is 11.7 Å². The third-order valence-corrected chi connectivity index (χ3v) is 6.72. The molecule has 0 aliphatic carbocycles. The van der Waals surface area contributed by atoms with E-state index in [1.807, 2.05) is 24.3 Å². The van der Waals surface area contributed by atoms with Crippen LogP contribution in [0.25, 0.3) is 0 Å². The highest BCUT2D eigenvalue weighted by atomic mass is 16.5. The van der Waals surface area contributed by atoms with Gasteiger partial charge in [-0.1, -0.05) is 12.2 Å². The van der Waals surface area contributed by atoms with Crippen LogP contribution in [0.1, 0.15) is 0 Å². The van der Waals surface area contributed by atoms with E-state index in [9.17, 15) is 9.59 Å². The van der Waals surface area contributed by atoms with Crippen LogP contribution in [-0.2, 0) is 14.3 Å². The number of ether oxygens (including phenoxy) is 5. The van der Waals surface area contributed by atoms with Gasteiger partial charge in [-0.3, -0.25) is 9.59 Å². The predicted molar refractivity (Wildman–Crippen MR) is 124 cm³/mol. The van der Waals surface area contributed by atoms with Crippen molar-refractivity contribution in [1.29, 1.82) is 0 Å². The van der Waals surface area contributed by atoms with Crippen molar-refractivity contribution in [3.63, 3.8) is 0 Å². The first kappa shape index (κ1) is 22.1. The average Bonchev–Trinajstić information content (AvgIpc) is 3.51. The molecule has 0 radical (unpaired) electrons. The van der Waals surface area contributed by atoms with Gasteiger partial charge in [0.2, 0.25) is 17.6 Å². The van der Waals surface area contributed by atoms with E-state index < -0.39 is 23.5 Å². The average molecular weight is 466 g/mol. The summed E-state index contributed by atoms with van der Waals surface area (Å²) in [6.45, 7) is 0.351. The van der Waals surface area contributed by atoms with Gasteiger partial charge in [-0.2, -0.15) is 0 Å². The molecule has 9 nitrogen and oxygen atoms in total. The maximum atomic E-state index is 13.5. The molecule has 4 atom stereocenters. The summed E-state index contributed by atoms with van der Waals surface area (Å²) in [5, 5.41) is 2.91. The molecule has 5 rings (SSSR count). The summed E-state index contributed by atoms with van der Waals surface area (Å²) in [4.78, 5) is 28.6. The molecule has 0 aromatic heterocycles. The van der Waals surface area contributed by atoms with Crippen LogP contribution in [-0.4, -0.2) is 58.5 Å². The minimum absolute atomic E-state index is 0.137. The molecule has 2 fully saturated rings. The first-order valence-electron chi connectivity index (χ1n) is 10.9. The molecule has 2 aromatic rings. The fourth-order valence-corrected chi connectivity index (χ4v) is 5.16. The number of amides is 2. The lowest BCUT2D eigenvalue weighted by Crippen LogP contribution is -2.41. The van der Waals surface area contributed by atoms with Gasteiger partial charge in [-0.25, -0.2) is 0 Å². The Hall–Kier alpha value is -3.72. The number of methoxy groups -OCH3 is 4. The number of rotatable bonds is 7. The van der Waals surface area contributed by atoms with Crippen LogP contribution in [0.15, 0.2) is 48.6 Å². The Kier molecular flexibility index (Phi) is 5.36. The Morgan fingerprint density at radius 3 is 2.29 bits per heavy atom. The van der Waals surface area contributed by atoms with Crippen molar-refractivity contribution in [2.75, 3.05) is 45.2 Å². The summed E-state index contributed by atoms with van der Waals surface area (Å²) in [7, 11) is 6.11. The molecule has 0 saturated carbocycles. The topological polar surface area (TPSA) is 95.6 Å². The first-order chi connectivity index (χ1) is 16.4. The number of hydrogen-bond donors (Lipinski definition) is 1. The third-order valence-electron chi connectivity index (χ3n) is 6.72. The lowest BCUT2D eigenvalue weighted by Gasteiger charge is -2.24. The number of benzene rings is 2. The van der Waals surface area contributed by atoms with Crippen LogP contribution < -0.4 is 29.2 Å². The molecule has 1 N–H and O–H groups in total. The molecular weight excluding hydrogens is 440 g/mol. The molecular formula is C25H26N2O7. The van der Waals surface area contributed by atoms with Gasteiger partial charge in [0, 0.05) is 23.5 Å². The quantitative estimate of drug-likeness (QED) is 0.627. The Morgan fingerprint density at radius 2 is 1.71 bits per heavy atom. The minimum Gasteiger partial charge on any atom is -0.497 e. The number of carbonyl (C=O) groups excluding carboxylic acids is 2. The molecule has 178 valence electrons. The number of nitrogens with one attached hydrogen (secondary N) is 1. The molecule has 1 unspecified atom stereocenters. The standard InChI is InChI=1S/C25H26N2O7/c1-30-16-7-5-15(6-8-16)27-13-25-10-9-17(34-25)20(21(25)24(27)29)23(28)26-14-11-18(31-2)22(33-4)19(12-14)32-3/h5-12,17,20-21H,13H2,1-4H3,(H,26,28)/t17-,20?,21+,25+/m1/s1. The molecule has 2 amide bonds. The van der Waals surface area contributed by atoms with Crippen molar-refractivity contribution in [3.05, 3.63) is 48.6 Å². The lowest BCUT2D eigenvalue weighted by molar-refractivity contribution is -0.128. The molecule has 2 bridgehead atoms. The van der Waals surface area contributed by atoms with E-state index in [1.165, 1.54) is 21.3 Å². The number of anilines is 2. The molecule has 2 saturated heterocycles. The Balaban J connectivity index is 1.41. The van der Waals surface area contributed by atoms with Crippen molar-refractivity contribution in [3.8, 4) is 23.0 Å². The van der Waals surface area contributed by atoms with E-state index in [2.05, 4.69) is 5.32 Å². The van der Waals surface area contributed by atoms with Gasteiger partial charge in [0.15, 0.2) is 11.5 Å². The highest BCUT2D eigenvalue weighted by Crippen LogP contribution is 2.53. The Bertz CT molecular complexity index is 1140. The predicted octanol–water partition coefficient (Wildman–Crippen LogP) is 2.65. The van der Waals surface area contributed by atoms with Gasteiger partial charge in [-0.15, -0.1) is 0 Å². The lowest BCUT2D eigenvalue weighted by atomic mass is 9.77. The van der Waals surface area contributed by atoms with Crippen LogP contribution in [0.4, 0.5) is 11.4 Å². The molecule has 3 aliphatic rings. The largest absolute Gasteiger partial charge is 0.497 e. The highest BCUT2D eigenvalue weighted by molar-refractivity contribution is 6.05. The van der Waals surface area contributed by atoms with Gasteiger partial charge < -0.3 is 33.9 Å². The second kappa shape index (κ2) is 8.25. The fraction of sp³-hybridized carbons (Fsp3) is 0.360. The van der Waals surface area contributed by atoms with Crippen LogP contribution >= 0.6 is 0 Å². The minimum atomic E-state index is -0.820. The maximum absolute atomic E-state index is 13.5. The molecule has 3 aliphatic heterocycles. The molecule has 34 heavy (non-hydrogen) atoms. The second-order valence-electron chi connectivity index (χ2n) is 8.43. The van der Waals surface area contributed by atoms with E-state index in [-0.39, 0.29) is 11.8 Å². The molecule has 3 heterocycles. The second-order valence-corrected chi connectivity index (χ2v) is 8.43. The van der Waals surface area contributed by atoms with Crippen molar-refractivity contribution in [2.24, 2.45) is 11.8 Å². The monoisotopic (exact) mass is 466 g/mol. The zero-order valence-corrected chi connectivity index (χ0v) is 19.4. The number of hydrogen-bond acceptors (Lipinski definition) is 7. The summed E-state index contributed by atoms with van der Waals surface area (Å²) in [6, 6.07) is 10.6. The van der Waals surface area contributed by atoms with Gasteiger partial charge in [0.25, 0.3) is 0 Å². The summed E-state index contributed by atoms with van der Waals surface area (Å²) >= 11 is 0.